The van der Waals surface area contributed by atoms with Gasteiger partial charge in [0.1, 0.15) is 5.82 Å². The topological polar surface area (TPSA) is 84.4 Å². The molecule has 0 aromatic carbocycles. The molecule has 0 atom stereocenters. The van der Waals surface area contributed by atoms with E-state index in [9.17, 15) is 9.59 Å². The maximum Gasteiger partial charge on any atom is 0.309 e. The predicted molar refractivity (Wildman–Crippen MR) is 106 cm³/mol. The predicted octanol–water partition coefficient (Wildman–Crippen LogP) is 3.53. The zero-order valence-electron chi connectivity index (χ0n) is 15.2. The van der Waals surface area contributed by atoms with E-state index in [0.29, 0.717) is 54.1 Å². The minimum Gasteiger partial charge on any atom is -0.466 e. The summed E-state index contributed by atoms with van der Waals surface area (Å²) in [6.45, 7) is 5.46. The van der Waals surface area contributed by atoms with Crippen LogP contribution in [0.2, 0.25) is 5.02 Å². The lowest BCUT2D eigenvalue weighted by Crippen LogP contribution is -2.37. The number of esters is 1. The molecule has 2 aromatic heterocycles. The molecule has 0 unspecified atom stereocenters. The standard InChI is InChI=1S/C18H21ClN4O3S/c1-3-26-17(25)12-4-6-23(7-5-12)15-14(19)8-13(10-20-15)16(24)22-18-21-9-11(2)27-18/h8-10,12H,3-7H2,1-2H3,(H,21,22,24). The number of piperidine rings is 1. The number of hydrogen-bond donors (Lipinski definition) is 1. The van der Waals surface area contributed by atoms with E-state index in [-0.39, 0.29) is 17.8 Å². The Kier molecular flexibility index (Phi) is 6.28. The van der Waals surface area contributed by atoms with Crippen molar-refractivity contribution < 1.29 is 14.3 Å². The van der Waals surface area contributed by atoms with Crippen LogP contribution in [-0.2, 0) is 9.53 Å². The monoisotopic (exact) mass is 408 g/mol. The van der Waals surface area contributed by atoms with Gasteiger partial charge >= 0.3 is 5.97 Å². The summed E-state index contributed by atoms with van der Waals surface area (Å²) in [5.74, 6) is 0.111. The van der Waals surface area contributed by atoms with Gasteiger partial charge in [0.2, 0.25) is 0 Å². The third-order valence-corrected chi connectivity index (χ3v) is 5.45. The minimum atomic E-state index is -0.300. The molecule has 1 N–H and O–H groups in total. The number of aromatic nitrogens is 2. The van der Waals surface area contributed by atoms with Gasteiger partial charge in [0, 0.05) is 30.4 Å². The van der Waals surface area contributed by atoms with Gasteiger partial charge in [-0.05, 0) is 32.8 Å². The Hall–Kier alpha value is -2.19. The van der Waals surface area contributed by atoms with E-state index in [1.807, 2.05) is 18.7 Å². The van der Waals surface area contributed by atoms with Crippen molar-refractivity contribution in [2.75, 3.05) is 29.9 Å². The summed E-state index contributed by atoms with van der Waals surface area (Å²) in [4.78, 5) is 35.7. The smallest absolute Gasteiger partial charge is 0.309 e. The normalized spacial score (nSPS) is 14.9. The molecule has 0 bridgehead atoms. The summed E-state index contributed by atoms with van der Waals surface area (Å²) >= 11 is 7.78. The number of nitrogens with zero attached hydrogens (tertiary/aromatic N) is 3. The van der Waals surface area contributed by atoms with Crippen molar-refractivity contribution in [3.05, 3.63) is 33.9 Å². The average Bonchev–Trinajstić information content (AvgIpc) is 3.06. The molecule has 27 heavy (non-hydrogen) atoms. The van der Waals surface area contributed by atoms with Crippen LogP contribution in [0.4, 0.5) is 10.9 Å². The summed E-state index contributed by atoms with van der Waals surface area (Å²) < 4.78 is 5.09. The number of aryl methyl sites for hydroxylation is 1. The Morgan fingerprint density at radius 2 is 2.07 bits per heavy atom. The molecule has 2 aromatic rings. The number of carbonyl (C=O) groups is 2. The fourth-order valence-corrected chi connectivity index (χ4v) is 3.90. The number of anilines is 2. The van der Waals surface area contributed by atoms with E-state index in [4.69, 9.17) is 16.3 Å². The van der Waals surface area contributed by atoms with Crippen LogP contribution >= 0.6 is 22.9 Å². The molecule has 0 radical (unpaired) electrons. The van der Waals surface area contributed by atoms with Crippen molar-refractivity contribution in [2.45, 2.75) is 26.7 Å². The SMILES string of the molecule is CCOC(=O)C1CCN(c2ncc(C(=O)Nc3ncc(C)s3)cc2Cl)CC1. The second-order valence-electron chi connectivity index (χ2n) is 6.27. The van der Waals surface area contributed by atoms with Crippen molar-refractivity contribution in [3.63, 3.8) is 0 Å². The van der Waals surface area contributed by atoms with E-state index < -0.39 is 0 Å². The third kappa shape index (κ3) is 4.75. The second-order valence-corrected chi connectivity index (χ2v) is 7.91. The van der Waals surface area contributed by atoms with E-state index >= 15 is 0 Å². The van der Waals surface area contributed by atoms with Crippen LogP contribution in [0.1, 0.15) is 35.0 Å². The van der Waals surface area contributed by atoms with Gasteiger partial charge in [-0.15, -0.1) is 11.3 Å². The fraction of sp³-hybridized carbons (Fsp3) is 0.444. The van der Waals surface area contributed by atoms with Crippen LogP contribution in [0.3, 0.4) is 0 Å². The number of carbonyl (C=O) groups excluding carboxylic acids is 2. The van der Waals surface area contributed by atoms with Gasteiger partial charge in [0.15, 0.2) is 5.13 Å². The molecule has 1 amide bonds. The lowest BCUT2D eigenvalue weighted by Gasteiger charge is -2.32. The van der Waals surface area contributed by atoms with Crippen LogP contribution in [-0.4, -0.2) is 41.5 Å². The van der Waals surface area contributed by atoms with Gasteiger partial charge in [0.05, 0.1) is 23.1 Å². The van der Waals surface area contributed by atoms with Crippen molar-refractivity contribution >= 4 is 45.8 Å². The van der Waals surface area contributed by atoms with Gasteiger partial charge in [-0.3, -0.25) is 14.9 Å². The Balaban J connectivity index is 1.63. The number of nitrogens with one attached hydrogen (secondary N) is 1. The van der Waals surface area contributed by atoms with E-state index in [2.05, 4.69) is 15.3 Å². The summed E-state index contributed by atoms with van der Waals surface area (Å²) in [5.41, 5.74) is 0.373. The van der Waals surface area contributed by atoms with Crippen molar-refractivity contribution in [1.29, 1.82) is 0 Å². The lowest BCUT2D eigenvalue weighted by atomic mass is 9.97. The van der Waals surface area contributed by atoms with Crippen LogP contribution in [0.15, 0.2) is 18.5 Å². The van der Waals surface area contributed by atoms with Crippen molar-refractivity contribution in [2.24, 2.45) is 5.92 Å². The molecule has 144 valence electrons. The lowest BCUT2D eigenvalue weighted by molar-refractivity contribution is -0.148. The molecule has 3 rings (SSSR count). The van der Waals surface area contributed by atoms with Crippen molar-refractivity contribution in [1.82, 2.24) is 9.97 Å². The molecule has 9 heteroatoms. The molecule has 0 spiro atoms. The molecular formula is C18H21ClN4O3S. The van der Waals surface area contributed by atoms with Crippen LogP contribution < -0.4 is 10.2 Å². The van der Waals surface area contributed by atoms with Gasteiger partial charge in [-0.25, -0.2) is 9.97 Å². The van der Waals surface area contributed by atoms with Gasteiger partial charge in [-0.2, -0.15) is 0 Å². The van der Waals surface area contributed by atoms with Crippen molar-refractivity contribution in [3.8, 4) is 0 Å². The number of amides is 1. The van der Waals surface area contributed by atoms with Crippen LogP contribution in [0.25, 0.3) is 0 Å². The van der Waals surface area contributed by atoms with Crippen LogP contribution in [0, 0.1) is 12.8 Å². The molecule has 7 nitrogen and oxygen atoms in total. The fourth-order valence-electron chi connectivity index (χ4n) is 2.96. The molecule has 0 saturated carbocycles. The van der Waals surface area contributed by atoms with Crippen LogP contribution in [0.5, 0.6) is 0 Å². The van der Waals surface area contributed by atoms with Gasteiger partial charge in [-0.1, -0.05) is 11.6 Å². The third-order valence-electron chi connectivity index (χ3n) is 4.34. The number of halogens is 1. The zero-order valence-corrected chi connectivity index (χ0v) is 16.8. The maximum absolute atomic E-state index is 12.3. The number of ether oxygens (including phenoxy) is 1. The molecule has 1 saturated heterocycles. The number of pyridine rings is 1. The van der Waals surface area contributed by atoms with E-state index in [0.717, 1.165) is 4.88 Å². The molecule has 1 fully saturated rings. The molecule has 3 heterocycles. The first kappa shape index (κ1) is 19.6. The highest BCUT2D eigenvalue weighted by Gasteiger charge is 2.27. The number of hydrogen-bond acceptors (Lipinski definition) is 7. The van der Waals surface area contributed by atoms with E-state index in [1.54, 1.807) is 12.3 Å². The van der Waals surface area contributed by atoms with Gasteiger partial charge in [0.25, 0.3) is 5.91 Å². The zero-order chi connectivity index (χ0) is 19.4. The molecular weight excluding hydrogens is 388 g/mol. The van der Waals surface area contributed by atoms with E-state index in [1.165, 1.54) is 17.5 Å². The average molecular weight is 409 g/mol. The Labute approximate surface area is 166 Å². The largest absolute Gasteiger partial charge is 0.466 e. The number of rotatable bonds is 5. The second kappa shape index (κ2) is 8.67. The number of thiazole rings is 1. The summed E-state index contributed by atoms with van der Waals surface area (Å²) in [6.07, 6.45) is 4.61. The summed E-state index contributed by atoms with van der Waals surface area (Å²) in [7, 11) is 0. The molecule has 0 aliphatic carbocycles. The summed E-state index contributed by atoms with van der Waals surface area (Å²) in [5, 5.41) is 3.69. The Morgan fingerprint density at radius 1 is 1.33 bits per heavy atom. The quantitative estimate of drug-likeness (QED) is 0.762. The first-order valence-electron chi connectivity index (χ1n) is 8.78. The summed E-state index contributed by atoms with van der Waals surface area (Å²) in [6, 6.07) is 1.61. The Morgan fingerprint density at radius 3 is 2.67 bits per heavy atom. The molecule has 1 aliphatic heterocycles. The Bertz CT molecular complexity index is 834. The first-order chi connectivity index (χ1) is 13.0. The highest BCUT2D eigenvalue weighted by molar-refractivity contribution is 7.15. The van der Waals surface area contributed by atoms with Gasteiger partial charge < -0.3 is 9.64 Å². The highest BCUT2D eigenvalue weighted by Crippen LogP contribution is 2.29. The highest BCUT2D eigenvalue weighted by atomic mass is 35.5. The first-order valence-corrected chi connectivity index (χ1v) is 9.98. The minimum absolute atomic E-state index is 0.0771. The molecule has 1 aliphatic rings. The maximum atomic E-state index is 12.3.